The Bertz CT molecular complexity index is 1260. The Kier molecular flexibility index (Phi) is 44.4. The lowest BCUT2D eigenvalue weighted by atomic mass is 9.98. The van der Waals surface area contributed by atoms with Gasteiger partial charge in [0.15, 0.2) is 6.29 Å². The second-order valence-corrected chi connectivity index (χ2v) is 20.0. The maximum Gasteiger partial charge on any atom is 0.249 e. The van der Waals surface area contributed by atoms with E-state index in [1.165, 1.54) is 148 Å². The summed E-state index contributed by atoms with van der Waals surface area (Å²) in [7, 11) is 0. The van der Waals surface area contributed by atoms with Crippen molar-refractivity contribution in [3.05, 3.63) is 48.6 Å². The summed E-state index contributed by atoms with van der Waals surface area (Å²) in [6.45, 7) is 3.33. The highest BCUT2D eigenvalue weighted by atomic mass is 16.7. The van der Waals surface area contributed by atoms with Gasteiger partial charge in [0.25, 0.3) is 0 Å². The van der Waals surface area contributed by atoms with E-state index in [0.29, 0.717) is 19.3 Å². The molecule has 1 aliphatic rings. The van der Waals surface area contributed by atoms with E-state index in [2.05, 4.69) is 67.8 Å². The molecule has 0 spiro atoms. The number of carbonyl (C=O) groups is 1. The molecule has 0 aromatic carbocycles. The van der Waals surface area contributed by atoms with Crippen LogP contribution in [0.5, 0.6) is 0 Å². The first-order valence-electron chi connectivity index (χ1n) is 28.5. The standard InChI is InChI=1S/C58H107NO10/c1-3-5-7-9-11-13-15-17-18-19-20-21-22-23-24-25-26-27-28-29-30-31-32-34-36-38-40-42-44-46-51(62)57(67)59-49(48-68-58-56(66)55(65)54(64)52(47-60)69-58)53(63)50(61)45-43-41-39-37-35-33-16-14-12-10-8-6-4-2/h6,8,14,16,23-24,37,39,49-56,58,60-66H,3-5,7,9-13,15,17-22,25-36,38,40-48H2,1-2H3,(H,59,67)/b8-6+,16-14+,24-23-,39-37+. The van der Waals surface area contributed by atoms with Crippen molar-refractivity contribution in [2.75, 3.05) is 13.2 Å². The van der Waals surface area contributed by atoms with Gasteiger partial charge in [-0.05, 0) is 83.5 Å². The van der Waals surface area contributed by atoms with Crippen molar-refractivity contribution in [3.63, 3.8) is 0 Å². The molecule has 1 aliphatic heterocycles. The molecule has 11 heteroatoms. The van der Waals surface area contributed by atoms with Gasteiger partial charge in [0.1, 0.15) is 36.6 Å². The van der Waals surface area contributed by atoms with Gasteiger partial charge in [-0.3, -0.25) is 4.79 Å². The summed E-state index contributed by atoms with van der Waals surface area (Å²) in [5.74, 6) is -0.713. The molecular formula is C58H107NO10. The molecule has 0 aromatic rings. The minimum absolute atomic E-state index is 0.240. The van der Waals surface area contributed by atoms with Gasteiger partial charge in [0.05, 0.1) is 25.4 Å². The van der Waals surface area contributed by atoms with E-state index < -0.39 is 74.2 Å². The number of allylic oxidation sites excluding steroid dienone is 8. The van der Waals surface area contributed by atoms with Crippen molar-refractivity contribution in [2.45, 2.75) is 300 Å². The van der Waals surface area contributed by atoms with Crippen molar-refractivity contribution in [1.29, 1.82) is 0 Å². The van der Waals surface area contributed by atoms with Gasteiger partial charge in [0, 0.05) is 0 Å². The van der Waals surface area contributed by atoms with Crippen LogP contribution in [0.25, 0.3) is 0 Å². The zero-order valence-electron chi connectivity index (χ0n) is 44.0. The van der Waals surface area contributed by atoms with E-state index >= 15 is 0 Å². The van der Waals surface area contributed by atoms with Crippen LogP contribution in [0.4, 0.5) is 0 Å². The van der Waals surface area contributed by atoms with Gasteiger partial charge in [0.2, 0.25) is 5.91 Å². The van der Waals surface area contributed by atoms with E-state index in [-0.39, 0.29) is 12.8 Å². The Labute approximate surface area is 421 Å². The molecule has 404 valence electrons. The van der Waals surface area contributed by atoms with E-state index in [9.17, 15) is 40.5 Å². The fourth-order valence-corrected chi connectivity index (χ4v) is 8.95. The molecule has 1 heterocycles. The third-order valence-electron chi connectivity index (χ3n) is 13.6. The third-order valence-corrected chi connectivity index (χ3v) is 13.6. The summed E-state index contributed by atoms with van der Waals surface area (Å²) >= 11 is 0. The number of rotatable bonds is 48. The topological polar surface area (TPSA) is 189 Å². The highest BCUT2D eigenvalue weighted by molar-refractivity contribution is 5.80. The molecule has 0 aromatic heterocycles. The number of unbranched alkanes of at least 4 members (excludes halogenated alkanes) is 28. The predicted octanol–water partition coefficient (Wildman–Crippen LogP) is 11.7. The molecule has 0 bridgehead atoms. The van der Waals surface area contributed by atoms with Gasteiger partial charge < -0.3 is 50.5 Å². The average Bonchev–Trinajstić information content (AvgIpc) is 3.35. The largest absolute Gasteiger partial charge is 0.394 e. The molecule has 11 nitrogen and oxygen atoms in total. The first kappa shape index (κ1) is 65.1. The number of carbonyl (C=O) groups excluding carboxylic acids is 1. The maximum atomic E-state index is 13.1. The number of hydrogen-bond donors (Lipinski definition) is 8. The highest BCUT2D eigenvalue weighted by Gasteiger charge is 2.44. The average molecular weight is 978 g/mol. The zero-order chi connectivity index (χ0) is 50.4. The van der Waals surface area contributed by atoms with E-state index in [1.54, 1.807) is 0 Å². The monoisotopic (exact) mass is 978 g/mol. The van der Waals surface area contributed by atoms with Gasteiger partial charge >= 0.3 is 0 Å². The number of aliphatic hydroxyl groups excluding tert-OH is 7. The van der Waals surface area contributed by atoms with Crippen LogP contribution in [-0.2, 0) is 14.3 Å². The molecule has 0 radical (unpaired) electrons. The molecule has 0 saturated carbocycles. The van der Waals surface area contributed by atoms with Crippen LogP contribution in [0.2, 0.25) is 0 Å². The summed E-state index contributed by atoms with van der Waals surface area (Å²) in [6, 6.07) is -1.19. The molecule has 1 amide bonds. The number of hydrogen-bond acceptors (Lipinski definition) is 10. The summed E-state index contributed by atoms with van der Waals surface area (Å²) in [5.41, 5.74) is 0. The lowest BCUT2D eigenvalue weighted by molar-refractivity contribution is -0.303. The Morgan fingerprint density at radius 3 is 1.36 bits per heavy atom. The summed E-state index contributed by atoms with van der Waals surface area (Å²) in [4.78, 5) is 13.1. The van der Waals surface area contributed by atoms with Crippen molar-refractivity contribution >= 4 is 5.91 Å². The second kappa shape index (κ2) is 47.1. The number of amides is 1. The molecule has 1 rings (SSSR count). The summed E-state index contributed by atoms with van der Waals surface area (Å²) < 4.78 is 11.1. The molecule has 1 saturated heterocycles. The van der Waals surface area contributed by atoms with Gasteiger partial charge in [-0.1, -0.05) is 210 Å². The minimum atomic E-state index is -1.67. The smallest absolute Gasteiger partial charge is 0.249 e. The van der Waals surface area contributed by atoms with Crippen LogP contribution >= 0.6 is 0 Å². The second-order valence-electron chi connectivity index (χ2n) is 20.0. The van der Waals surface area contributed by atoms with Crippen molar-refractivity contribution in [2.24, 2.45) is 0 Å². The van der Waals surface area contributed by atoms with Crippen molar-refractivity contribution < 1.29 is 50.0 Å². The van der Waals surface area contributed by atoms with Crippen LogP contribution in [0, 0.1) is 0 Å². The van der Waals surface area contributed by atoms with Crippen LogP contribution < -0.4 is 5.32 Å². The zero-order valence-corrected chi connectivity index (χ0v) is 44.0. The van der Waals surface area contributed by atoms with Crippen molar-refractivity contribution in [1.82, 2.24) is 5.32 Å². The van der Waals surface area contributed by atoms with Crippen LogP contribution in [0.15, 0.2) is 48.6 Å². The Morgan fingerprint density at radius 2 is 0.913 bits per heavy atom. The quantitative estimate of drug-likeness (QED) is 0.0215. The minimum Gasteiger partial charge on any atom is -0.394 e. The van der Waals surface area contributed by atoms with E-state index in [4.69, 9.17) is 9.47 Å². The van der Waals surface area contributed by atoms with Gasteiger partial charge in [-0.2, -0.15) is 0 Å². The predicted molar refractivity (Wildman–Crippen MR) is 284 cm³/mol. The third kappa shape index (κ3) is 35.8. The Balaban J connectivity index is 2.25. The first-order chi connectivity index (χ1) is 33.7. The fraction of sp³-hybridized carbons (Fsp3) is 0.845. The maximum absolute atomic E-state index is 13.1. The van der Waals surface area contributed by atoms with Crippen LogP contribution in [-0.4, -0.2) is 110 Å². The lowest BCUT2D eigenvalue weighted by Crippen LogP contribution is -2.60. The molecule has 8 N–H and O–H groups in total. The molecule has 1 fully saturated rings. The highest BCUT2D eigenvalue weighted by Crippen LogP contribution is 2.23. The molecule has 9 atom stereocenters. The molecule has 0 aliphatic carbocycles. The van der Waals surface area contributed by atoms with Gasteiger partial charge in [-0.25, -0.2) is 0 Å². The number of aliphatic hydroxyl groups is 7. The van der Waals surface area contributed by atoms with Crippen LogP contribution in [0.3, 0.4) is 0 Å². The summed E-state index contributed by atoms with van der Waals surface area (Å²) in [6.07, 6.45) is 47.6. The number of nitrogens with one attached hydrogen (secondary N) is 1. The normalized spacial score (nSPS) is 20.7. The van der Waals surface area contributed by atoms with Crippen molar-refractivity contribution in [3.8, 4) is 0 Å². The molecule has 9 unspecified atom stereocenters. The van der Waals surface area contributed by atoms with Gasteiger partial charge in [-0.15, -0.1) is 0 Å². The van der Waals surface area contributed by atoms with Crippen LogP contribution in [0.1, 0.15) is 245 Å². The Hall–Kier alpha value is -1.93. The first-order valence-corrected chi connectivity index (χ1v) is 28.5. The summed E-state index contributed by atoms with van der Waals surface area (Å²) in [5, 5.41) is 75.9. The lowest BCUT2D eigenvalue weighted by Gasteiger charge is -2.40. The molecule has 69 heavy (non-hydrogen) atoms. The SMILES string of the molecule is CC/C=C/CC/C=C/CC/C=C/CCCC(O)C(O)C(COC1OC(CO)C(O)C(O)C1O)NC(=O)C(O)CCCCCCCCCCCCCCC/C=C\CCCCCCCCCCCCCC. The number of ether oxygens (including phenoxy) is 2. The Morgan fingerprint density at radius 1 is 0.507 bits per heavy atom. The van der Waals surface area contributed by atoms with E-state index in [0.717, 1.165) is 51.4 Å². The molecular weight excluding hydrogens is 871 g/mol. The fourth-order valence-electron chi connectivity index (χ4n) is 8.95. The van der Waals surface area contributed by atoms with E-state index in [1.807, 2.05) is 0 Å².